The fraction of sp³-hybridized carbons (Fsp3) is 0.917. The monoisotopic (exact) mass is 426 g/mol. The summed E-state index contributed by atoms with van der Waals surface area (Å²) in [5, 5.41) is 12.4. The van der Waals surface area contributed by atoms with Crippen LogP contribution in [0.2, 0.25) is 0 Å². The van der Waals surface area contributed by atoms with Gasteiger partial charge in [0.05, 0.1) is 26.2 Å². The maximum atomic E-state index is 11.9. The zero-order chi connectivity index (χ0) is 21.9. The second kappa shape index (κ2) is 18.6. The van der Waals surface area contributed by atoms with Crippen LogP contribution in [0.4, 0.5) is 0 Å². The van der Waals surface area contributed by atoms with E-state index in [0.717, 1.165) is 12.8 Å². The second-order valence-corrected chi connectivity index (χ2v) is 8.51. The number of hydrazine groups is 1. The zero-order valence-electron chi connectivity index (χ0n) is 19.4. The van der Waals surface area contributed by atoms with Crippen molar-refractivity contribution in [3.63, 3.8) is 0 Å². The predicted octanol–water partition coefficient (Wildman–Crippen LogP) is 4.84. The number of aliphatic hydroxyl groups excluding tert-OH is 1. The molecule has 0 atom stereocenters. The minimum absolute atomic E-state index is 0.0137. The fourth-order valence-corrected chi connectivity index (χ4v) is 4.00. The largest absolute Gasteiger partial charge is 0.466 e. The number of unbranched alkanes of at least 4 members (excludes halogenated alkanes) is 13. The molecule has 1 rings (SSSR count). The van der Waals surface area contributed by atoms with Crippen molar-refractivity contribution in [3.05, 3.63) is 0 Å². The number of carbonyl (C=O) groups is 2. The summed E-state index contributed by atoms with van der Waals surface area (Å²) in [5.74, 6) is -0.187. The third kappa shape index (κ3) is 13.2. The van der Waals surface area contributed by atoms with Crippen LogP contribution in [0, 0.1) is 0 Å². The average molecular weight is 427 g/mol. The Labute approximate surface area is 184 Å². The van der Waals surface area contributed by atoms with Gasteiger partial charge in [-0.2, -0.15) is 0 Å². The van der Waals surface area contributed by atoms with E-state index >= 15 is 0 Å². The van der Waals surface area contributed by atoms with Gasteiger partial charge in [-0.15, -0.1) is 0 Å². The molecule has 1 saturated heterocycles. The number of nitrogens with zero attached hydrogens (tertiary/aromatic N) is 2. The first-order chi connectivity index (χ1) is 14.7. The minimum Gasteiger partial charge on any atom is -0.466 e. The van der Waals surface area contributed by atoms with Crippen molar-refractivity contribution in [2.45, 2.75) is 110 Å². The van der Waals surface area contributed by atoms with Gasteiger partial charge in [0.15, 0.2) is 0 Å². The Morgan fingerprint density at radius 2 is 1.40 bits per heavy atom. The van der Waals surface area contributed by atoms with Gasteiger partial charge in [-0.3, -0.25) is 14.6 Å². The third-order valence-corrected chi connectivity index (χ3v) is 5.86. The van der Waals surface area contributed by atoms with Crippen molar-refractivity contribution in [3.8, 4) is 0 Å². The van der Waals surface area contributed by atoms with E-state index in [0.29, 0.717) is 32.7 Å². The number of aliphatic hydroxyl groups is 1. The highest BCUT2D eigenvalue weighted by Crippen LogP contribution is 2.14. The molecule has 1 aliphatic heterocycles. The minimum atomic E-state index is -0.201. The smallest absolute Gasteiger partial charge is 0.307 e. The molecule has 176 valence electrons. The van der Waals surface area contributed by atoms with Crippen molar-refractivity contribution in [1.82, 2.24) is 10.0 Å². The average Bonchev–Trinajstić information content (AvgIpc) is 3.09. The van der Waals surface area contributed by atoms with Gasteiger partial charge in [0, 0.05) is 19.5 Å². The highest BCUT2D eigenvalue weighted by Gasteiger charge is 2.28. The van der Waals surface area contributed by atoms with Gasteiger partial charge in [0.1, 0.15) is 0 Å². The molecule has 0 saturated carbocycles. The third-order valence-electron chi connectivity index (χ3n) is 5.86. The molecule has 30 heavy (non-hydrogen) atoms. The van der Waals surface area contributed by atoms with Crippen LogP contribution < -0.4 is 0 Å². The van der Waals surface area contributed by atoms with Crippen molar-refractivity contribution >= 4 is 11.9 Å². The molecule has 0 spiro atoms. The Bertz CT molecular complexity index is 445. The number of carbonyl (C=O) groups excluding carboxylic acids is 2. The summed E-state index contributed by atoms with van der Waals surface area (Å²) in [6, 6.07) is 0. The van der Waals surface area contributed by atoms with Crippen molar-refractivity contribution in [2.75, 3.05) is 32.8 Å². The molecule has 0 aromatic carbocycles. The first-order valence-corrected chi connectivity index (χ1v) is 12.5. The Hall–Kier alpha value is -1.14. The van der Waals surface area contributed by atoms with Gasteiger partial charge >= 0.3 is 5.97 Å². The number of ether oxygens (including phenoxy) is 1. The molecule has 0 unspecified atom stereocenters. The van der Waals surface area contributed by atoms with E-state index in [-0.39, 0.29) is 24.9 Å². The van der Waals surface area contributed by atoms with Gasteiger partial charge in [-0.05, 0) is 6.42 Å². The van der Waals surface area contributed by atoms with Crippen molar-refractivity contribution in [2.24, 2.45) is 0 Å². The van der Waals surface area contributed by atoms with Crippen LogP contribution in [0.5, 0.6) is 0 Å². The molecule has 1 amide bonds. The first-order valence-electron chi connectivity index (χ1n) is 12.5. The fourth-order valence-electron chi connectivity index (χ4n) is 4.00. The van der Waals surface area contributed by atoms with Crippen molar-refractivity contribution in [1.29, 1.82) is 0 Å². The summed E-state index contributed by atoms with van der Waals surface area (Å²) in [4.78, 5) is 23.6. The van der Waals surface area contributed by atoms with E-state index in [1.54, 1.807) is 5.01 Å². The van der Waals surface area contributed by atoms with Gasteiger partial charge in [0.25, 0.3) is 0 Å². The summed E-state index contributed by atoms with van der Waals surface area (Å²) in [5.41, 5.74) is 0. The van der Waals surface area contributed by atoms with E-state index in [2.05, 4.69) is 6.92 Å². The number of esters is 1. The lowest BCUT2D eigenvalue weighted by Crippen LogP contribution is -2.41. The lowest BCUT2D eigenvalue weighted by Gasteiger charge is -2.26. The Morgan fingerprint density at radius 3 is 1.93 bits per heavy atom. The normalized spacial score (nSPS) is 14.6. The van der Waals surface area contributed by atoms with Gasteiger partial charge < -0.3 is 9.84 Å². The highest BCUT2D eigenvalue weighted by molar-refractivity contribution is 5.77. The highest BCUT2D eigenvalue weighted by atomic mass is 16.5. The molecule has 0 radical (unpaired) electrons. The summed E-state index contributed by atoms with van der Waals surface area (Å²) < 4.78 is 5.31. The summed E-state index contributed by atoms with van der Waals surface area (Å²) in [7, 11) is 0. The maximum Gasteiger partial charge on any atom is 0.307 e. The van der Waals surface area contributed by atoms with Gasteiger partial charge in [-0.1, -0.05) is 90.4 Å². The van der Waals surface area contributed by atoms with E-state index in [1.165, 1.54) is 77.0 Å². The van der Waals surface area contributed by atoms with Crippen LogP contribution in [0.3, 0.4) is 0 Å². The van der Waals surface area contributed by atoms with E-state index < -0.39 is 0 Å². The van der Waals surface area contributed by atoms with Crippen LogP contribution >= 0.6 is 0 Å². The lowest BCUT2D eigenvalue weighted by molar-refractivity contribution is -0.147. The molecule has 0 aliphatic carbocycles. The number of β-amino-alcohol motifs (C(OH)–C–C–N with tert-alkyl or cyclic N) is 1. The molecule has 0 aromatic heterocycles. The molecule has 1 aliphatic rings. The van der Waals surface area contributed by atoms with Crippen LogP contribution in [0.25, 0.3) is 0 Å². The SMILES string of the molecule is CCCCCCCCCCCCCCCCOC(=O)CCN1CCC(=O)N1CCO. The predicted molar refractivity (Wildman–Crippen MR) is 121 cm³/mol. The standard InChI is InChI=1S/C24H46N2O4/c1-2-3-4-5-6-7-8-9-10-11-12-13-14-15-22-30-24(29)17-19-25-18-16-23(28)26(25)20-21-27/h27H,2-22H2,1H3. The molecule has 1 fully saturated rings. The van der Waals surface area contributed by atoms with Crippen LogP contribution in [0.15, 0.2) is 0 Å². The number of hydrogen-bond acceptors (Lipinski definition) is 5. The van der Waals surface area contributed by atoms with Crippen LogP contribution in [0.1, 0.15) is 110 Å². The quantitative estimate of drug-likeness (QED) is 0.223. The van der Waals surface area contributed by atoms with E-state index in [1.807, 2.05) is 5.01 Å². The Balaban J connectivity index is 1.84. The topological polar surface area (TPSA) is 70.1 Å². The number of hydrogen-bond donors (Lipinski definition) is 1. The summed E-state index contributed by atoms with van der Waals surface area (Å²) in [6.07, 6.45) is 19.1. The van der Waals surface area contributed by atoms with Crippen molar-refractivity contribution < 1.29 is 19.4 Å². The zero-order valence-corrected chi connectivity index (χ0v) is 19.4. The molecule has 6 heteroatoms. The summed E-state index contributed by atoms with van der Waals surface area (Å²) >= 11 is 0. The second-order valence-electron chi connectivity index (χ2n) is 8.51. The molecular formula is C24H46N2O4. The molecule has 6 nitrogen and oxygen atoms in total. The Morgan fingerprint density at radius 1 is 0.867 bits per heavy atom. The lowest BCUT2D eigenvalue weighted by atomic mass is 10.0. The van der Waals surface area contributed by atoms with Crippen LogP contribution in [-0.4, -0.2) is 59.8 Å². The van der Waals surface area contributed by atoms with Gasteiger partial charge in [-0.25, -0.2) is 5.01 Å². The van der Waals surface area contributed by atoms with Gasteiger partial charge in [0.2, 0.25) is 5.91 Å². The first kappa shape index (κ1) is 26.9. The molecule has 1 N–H and O–H groups in total. The Kier molecular flexibility index (Phi) is 16.7. The molecule has 1 heterocycles. The summed E-state index contributed by atoms with van der Waals surface area (Å²) in [6.45, 7) is 4.09. The number of amides is 1. The van der Waals surface area contributed by atoms with E-state index in [9.17, 15) is 9.59 Å². The number of rotatable bonds is 20. The molecule has 0 aromatic rings. The van der Waals surface area contributed by atoms with E-state index in [4.69, 9.17) is 9.84 Å². The molecular weight excluding hydrogens is 380 g/mol. The molecule has 0 bridgehead atoms. The van der Waals surface area contributed by atoms with Crippen LogP contribution in [-0.2, 0) is 14.3 Å². The maximum absolute atomic E-state index is 11.9.